The second-order valence-corrected chi connectivity index (χ2v) is 13.5. The van der Waals surface area contributed by atoms with Crippen molar-refractivity contribution in [2.45, 2.75) is 84.2 Å². The number of benzene rings is 2. The number of aliphatic carboxylic acids is 1. The fourth-order valence-corrected chi connectivity index (χ4v) is 6.47. The van der Waals surface area contributed by atoms with Gasteiger partial charge in [0.15, 0.2) is 0 Å². The lowest BCUT2D eigenvalue weighted by molar-refractivity contribution is -0.140. The molecule has 1 fully saturated rings. The molecule has 4 rings (SSSR count). The molecule has 1 aromatic heterocycles. The van der Waals surface area contributed by atoms with E-state index in [2.05, 4.69) is 5.32 Å². The highest BCUT2D eigenvalue weighted by atomic mass is 19.4. The quantitative estimate of drug-likeness (QED) is 0.172. The molecule has 2 N–H and O–H groups in total. The van der Waals surface area contributed by atoms with Gasteiger partial charge in [-0.05, 0) is 93.9 Å². The number of hydrogen-bond donors (Lipinski definition) is 2. The minimum absolute atomic E-state index is 0.0275. The Morgan fingerprint density at radius 1 is 0.923 bits per heavy atom. The summed E-state index contributed by atoms with van der Waals surface area (Å²) in [5, 5.41) is 11.7. The van der Waals surface area contributed by atoms with E-state index in [1.54, 1.807) is 13.8 Å². The van der Waals surface area contributed by atoms with Crippen molar-refractivity contribution in [1.82, 2.24) is 14.8 Å². The zero-order chi connectivity index (χ0) is 38.9. The van der Waals surface area contributed by atoms with Crippen LogP contribution in [-0.2, 0) is 28.4 Å². The number of carbonyl (C=O) groups is 2. The van der Waals surface area contributed by atoms with Crippen molar-refractivity contribution in [2.24, 2.45) is 5.92 Å². The summed E-state index contributed by atoms with van der Waals surface area (Å²) in [5.41, 5.74) is -7.80. The first-order chi connectivity index (χ1) is 24.1. The Kier molecular flexibility index (Phi) is 12.2. The number of aromatic nitrogens is 1. The Morgan fingerprint density at radius 2 is 1.56 bits per heavy atom. The molecule has 2 aromatic carbocycles. The molecule has 1 aliphatic heterocycles. The number of carboxylic acids is 1. The highest BCUT2D eigenvalue weighted by Crippen LogP contribution is 2.42. The third kappa shape index (κ3) is 9.17. The van der Waals surface area contributed by atoms with Crippen LogP contribution in [-0.4, -0.2) is 46.1 Å². The van der Waals surface area contributed by atoms with E-state index < -0.39 is 99.5 Å². The topological polar surface area (TPSA) is 91.6 Å². The molecule has 0 aliphatic carbocycles. The van der Waals surface area contributed by atoms with E-state index in [9.17, 15) is 45.8 Å². The number of aryl methyl sites for hydroxylation is 3. The number of nitrogens with one attached hydrogen (secondary N) is 1. The Morgan fingerprint density at radius 3 is 2.08 bits per heavy atom. The van der Waals surface area contributed by atoms with Gasteiger partial charge >= 0.3 is 18.3 Å². The van der Waals surface area contributed by atoms with Crippen molar-refractivity contribution in [1.29, 1.82) is 0 Å². The van der Waals surface area contributed by atoms with Gasteiger partial charge < -0.3 is 19.9 Å². The second-order valence-electron chi connectivity index (χ2n) is 13.5. The summed E-state index contributed by atoms with van der Waals surface area (Å²) in [6, 6.07) is -1.41. The molecule has 0 spiro atoms. The SMILES string of the molecule is Cc1cc(C)c(-c2cc(C(F)(F)F)c(F)c(C(CC(=O)O)NC(=O)C(CC(C)C)n3cc(CCCN4CCC4)c(C(F)(F)F)cc3=O)c2F)c(F)c1. The van der Waals surface area contributed by atoms with E-state index in [0.717, 1.165) is 31.8 Å². The van der Waals surface area contributed by atoms with Crippen LogP contribution in [0.4, 0.5) is 39.5 Å². The van der Waals surface area contributed by atoms with Gasteiger partial charge in [0.25, 0.3) is 5.56 Å². The van der Waals surface area contributed by atoms with Crippen molar-refractivity contribution in [3.8, 4) is 11.1 Å². The molecule has 2 atom stereocenters. The summed E-state index contributed by atoms with van der Waals surface area (Å²) in [7, 11) is 0. The van der Waals surface area contributed by atoms with Crippen LogP contribution < -0.4 is 10.9 Å². The number of amides is 1. The van der Waals surface area contributed by atoms with Crippen LogP contribution in [0.15, 0.2) is 35.3 Å². The van der Waals surface area contributed by atoms with Gasteiger partial charge in [-0.15, -0.1) is 0 Å². The molecule has 1 saturated heterocycles. The Hall–Kier alpha value is -4.34. The predicted molar refractivity (Wildman–Crippen MR) is 173 cm³/mol. The zero-order valence-corrected chi connectivity index (χ0v) is 28.7. The summed E-state index contributed by atoms with van der Waals surface area (Å²) in [6.45, 7) is 7.98. The molecule has 52 heavy (non-hydrogen) atoms. The molecule has 1 aliphatic rings. The van der Waals surface area contributed by atoms with Crippen molar-refractivity contribution >= 4 is 11.9 Å². The van der Waals surface area contributed by atoms with Gasteiger partial charge in [0.1, 0.15) is 23.5 Å². The maximum absolute atomic E-state index is 16.3. The van der Waals surface area contributed by atoms with Gasteiger partial charge in [0, 0.05) is 29.0 Å². The van der Waals surface area contributed by atoms with Crippen molar-refractivity contribution < 1.29 is 54.2 Å². The number of alkyl halides is 6. The fraction of sp³-hybridized carbons (Fsp3) is 0.472. The maximum atomic E-state index is 16.3. The van der Waals surface area contributed by atoms with E-state index in [1.807, 2.05) is 4.90 Å². The van der Waals surface area contributed by atoms with Gasteiger partial charge in [0.2, 0.25) is 5.91 Å². The number of hydrogen-bond acceptors (Lipinski definition) is 4. The van der Waals surface area contributed by atoms with Crippen LogP contribution >= 0.6 is 0 Å². The number of carboxylic acid groups (broad SMARTS) is 1. The van der Waals surface area contributed by atoms with Gasteiger partial charge in [-0.1, -0.05) is 19.9 Å². The zero-order valence-electron chi connectivity index (χ0n) is 28.7. The highest BCUT2D eigenvalue weighted by molar-refractivity contribution is 5.82. The number of pyridine rings is 1. The van der Waals surface area contributed by atoms with Crippen LogP contribution in [0.1, 0.15) is 85.0 Å². The molecule has 2 heterocycles. The maximum Gasteiger partial charge on any atom is 0.419 e. The summed E-state index contributed by atoms with van der Waals surface area (Å²) >= 11 is 0. The van der Waals surface area contributed by atoms with E-state index in [4.69, 9.17) is 0 Å². The lowest BCUT2D eigenvalue weighted by atomic mass is 9.90. The minimum Gasteiger partial charge on any atom is -0.481 e. The first-order valence-corrected chi connectivity index (χ1v) is 16.5. The molecule has 0 radical (unpaired) electrons. The summed E-state index contributed by atoms with van der Waals surface area (Å²) < 4.78 is 133. The lowest BCUT2D eigenvalue weighted by Crippen LogP contribution is -2.41. The number of rotatable bonds is 13. The average Bonchev–Trinajstić information content (AvgIpc) is 2.96. The molecular formula is C36H38F9N3O4. The molecule has 284 valence electrons. The van der Waals surface area contributed by atoms with Crippen LogP contribution in [0.5, 0.6) is 0 Å². The molecule has 1 amide bonds. The van der Waals surface area contributed by atoms with Crippen LogP contribution in [0.2, 0.25) is 0 Å². The Labute approximate surface area is 293 Å². The number of carbonyl (C=O) groups excluding carboxylic acids is 1. The van der Waals surface area contributed by atoms with Gasteiger partial charge in [-0.2, -0.15) is 26.3 Å². The number of halogens is 9. The van der Waals surface area contributed by atoms with Crippen molar-refractivity contribution in [2.75, 3.05) is 19.6 Å². The minimum atomic E-state index is -5.49. The van der Waals surface area contributed by atoms with E-state index in [-0.39, 0.29) is 36.5 Å². The van der Waals surface area contributed by atoms with Crippen molar-refractivity contribution in [3.63, 3.8) is 0 Å². The van der Waals surface area contributed by atoms with Crippen molar-refractivity contribution in [3.05, 3.63) is 91.6 Å². The van der Waals surface area contributed by atoms with E-state index in [0.29, 0.717) is 22.7 Å². The standard InChI is InChI=1S/C36H38F9N3O4/c1-18(2)11-27(48-17-21(7-5-8-47-9-6-10-47)23(15-28(48)49)35(40,41)42)34(52)46-26(16-29(50)51)31-32(38)22(14-24(33(31)39)36(43,44)45)30-20(4)12-19(3)13-25(30)37/h12-15,17-18,26-27H,5-11,16H2,1-4H3,(H,46,52)(H,50,51). The second kappa shape index (κ2) is 15.7. The summed E-state index contributed by atoms with van der Waals surface area (Å²) in [5.74, 6) is -8.75. The largest absolute Gasteiger partial charge is 0.481 e. The van der Waals surface area contributed by atoms with Crippen LogP contribution in [0.25, 0.3) is 11.1 Å². The first kappa shape index (κ1) is 40.4. The number of likely N-dealkylation sites (tertiary alicyclic amines) is 1. The van der Waals surface area contributed by atoms with Crippen LogP contribution in [0.3, 0.4) is 0 Å². The van der Waals surface area contributed by atoms with Gasteiger partial charge in [-0.25, -0.2) is 13.2 Å². The van der Waals surface area contributed by atoms with E-state index >= 15 is 13.2 Å². The normalized spacial score (nSPS) is 15.0. The molecule has 7 nitrogen and oxygen atoms in total. The monoisotopic (exact) mass is 747 g/mol. The van der Waals surface area contributed by atoms with Gasteiger partial charge in [0.05, 0.1) is 23.6 Å². The molecule has 0 saturated carbocycles. The molecule has 3 aromatic rings. The smallest absolute Gasteiger partial charge is 0.419 e. The third-order valence-electron chi connectivity index (χ3n) is 8.96. The summed E-state index contributed by atoms with van der Waals surface area (Å²) in [4.78, 5) is 41.1. The number of nitrogens with zero attached hydrogens (tertiary/aromatic N) is 2. The molecular weight excluding hydrogens is 709 g/mol. The molecule has 16 heteroatoms. The summed E-state index contributed by atoms with van der Waals surface area (Å²) in [6.07, 6.45) is -10.1. The molecule has 2 unspecified atom stereocenters. The van der Waals surface area contributed by atoms with E-state index in [1.165, 1.54) is 19.9 Å². The van der Waals surface area contributed by atoms with Crippen LogP contribution in [0, 0.1) is 37.2 Å². The highest BCUT2D eigenvalue weighted by Gasteiger charge is 2.41. The predicted octanol–water partition coefficient (Wildman–Crippen LogP) is 8.14. The Bertz CT molecular complexity index is 1860. The fourth-order valence-electron chi connectivity index (χ4n) is 6.47. The lowest BCUT2D eigenvalue weighted by Gasteiger charge is -2.30. The molecule has 0 bridgehead atoms. The first-order valence-electron chi connectivity index (χ1n) is 16.5. The third-order valence-corrected chi connectivity index (χ3v) is 8.96. The average molecular weight is 748 g/mol. The van der Waals surface area contributed by atoms with Gasteiger partial charge in [-0.3, -0.25) is 14.4 Å². The Balaban J connectivity index is 1.86.